The molecule has 0 aliphatic heterocycles. The van der Waals surface area contributed by atoms with E-state index in [2.05, 4.69) is 5.10 Å². The van der Waals surface area contributed by atoms with Crippen molar-refractivity contribution in [2.45, 2.75) is 6.54 Å². The van der Waals surface area contributed by atoms with E-state index in [1.165, 1.54) is 4.90 Å². The fraction of sp³-hybridized carbons (Fsp3) is 0.300. The molecule has 1 aromatic heterocycles. The van der Waals surface area contributed by atoms with E-state index in [1.54, 1.807) is 31.0 Å². The lowest BCUT2D eigenvalue weighted by molar-refractivity contribution is -0.132. The summed E-state index contributed by atoms with van der Waals surface area (Å²) in [6.45, 7) is 0.388. The van der Waals surface area contributed by atoms with Crippen LogP contribution in [0.5, 0.6) is 0 Å². The fourth-order valence-corrected chi connectivity index (χ4v) is 1.15. The third-order valence-electron chi connectivity index (χ3n) is 2.07. The van der Waals surface area contributed by atoms with Crippen LogP contribution in [0.1, 0.15) is 5.69 Å². The summed E-state index contributed by atoms with van der Waals surface area (Å²) in [4.78, 5) is 23.1. The summed E-state index contributed by atoms with van der Waals surface area (Å²) in [6.07, 6.45) is 3.49. The third kappa shape index (κ3) is 3.23. The number of likely N-dealkylation sites (N-methyl/N-ethyl adjacent to an activating group) is 1. The Morgan fingerprint density at radius 3 is 2.75 bits per heavy atom. The Kier molecular flexibility index (Phi) is 3.82. The number of rotatable bonds is 4. The number of carboxylic acid groups (broad SMARTS) is 1. The SMILES string of the molecule is CN(Cc1ccnn1C)C(=O)/C=C/C(=O)O. The van der Waals surface area contributed by atoms with Gasteiger partial charge in [-0.25, -0.2) is 4.79 Å². The first-order valence-electron chi connectivity index (χ1n) is 4.63. The topological polar surface area (TPSA) is 75.4 Å². The van der Waals surface area contributed by atoms with Crippen LogP contribution < -0.4 is 0 Å². The predicted octanol–water partition coefficient (Wildman–Crippen LogP) is 0.0193. The lowest BCUT2D eigenvalue weighted by Crippen LogP contribution is -2.25. The molecule has 6 heteroatoms. The van der Waals surface area contributed by atoms with Crippen LogP contribution in [0.4, 0.5) is 0 Å². The molecule has 0 aliphatic rings. The van der Waals surface area contributed by atoms with Crippen molar-refractivity contribution < 1.29 is 14.7 Å². The summed E-state index contributed by atoms with van der Waals surface area (Å²) < 4.78 is 1.66. The van der Waals surface area contributed by atoms with Crippen molar-refractivity contribution in [1.82, 2.24) is 14.7 Å². The highest BCUT2D eigenvalue weighted by Gasteiger charge is 2.08. The zero-order chi connectivity index (χ0) is 12.1. The normalized spacial score (nSPS) is 10.6. The minimum Gasteiger partial charge on any atom is -0.478 e. The van der Waals surface area contributed by atoms with Crippen molar-refractivity contribution in [3.63, 3.8) is 0 Å². The second-order valence-electron chi connectivity index (χ2n) is 3.31. The van der Waals surface area contributed by atoms with E-state index < -0.39 is 5.97 Å². The van der Waals surface area contributed by atoms with E-state index in [-0.39, 0.29) is 5.91 Å². The quantitative estimate of drug-likeness (QED) is 0.730. The van der Waals surface area contributed by atoms with Gasteiger partial charge in [0.25, 0.3) is 0 Å². The lowest BCUT2D eigenvalue weighted by Gasteiger charge is -2.14. The average molecular weight is 223 g/mol. The molecule has 1 amide bonds. The molecular formula is C10H13N3O3. The molecule has 0 saturated carbocycles. The molecular weight excluding hydrogens is 210 g/mol. The number of hydrogen-bond donors (Lipinski definition) is 1. The van der Waals surface area contributed by atoms with Crippen molar-refractivity contribution >= 4 is 11.9 Å². The van der Waals surface area contributed by atoms with Crippen LogP contribution in [0.2, 0.25) is 0 Å². The number of aliphatic carboxylic acids is 1. The lowest BCUT2D eigenvalue weighted by atomic mass is 10.3. The molecule has 6 nitrogen and oxygen atoms in total. The highest BCUT2D eigenvalue weighted by atomic mass is 16.4. The van der Waals surface area contributed by atoms with Gasteiger partial charge in [-0.2, -0.15) is 5.10 Å². The maximum absolute atomic E-state index is 11.4. The molecule has 1 rings (SSSR count). The van der Waals surface area contributed by atoms with Crippen LogP contribution in [0.3, 0.4) is 0 Å². The number of carboxylic acids is 1. The highest BCUT2D eigenvalue weighted by molar-refractivity contribution is 5.93. The van der Waals surface area contributed by atoms with Gasteiger partial charge < -0.3 is 10.0 Å². The average Bonchev–Trinajstić information content (AvgIpc) is 2.60. The van der Waals surface area contributed by atoms with Crippen molar-refractivity contribution in [2.75, 3.05) is 7.05 Å². The number of carbonyl (C=O) groups excluding carboxylic acids is 1. The Labute approximate surface area is 92.8 Å². The van der Waals surface area contributed by atoms with Crippen LogP contribution >= 0.6 is 0 Å². The second-order valence-corrected chi connectivity index (χ2v) is 3.31. The third-order valence-corrected chi connectivity index (χ3v) is 2.07. The largest absolute Gasteiger partial charge is 0.478 e. The van der Waals surface area contributed by atoms with E-state index in [9.17, 15) is 9.59 Å². The van der Waals surface area contributed by atoms with Gasteiger partial charge in [0, 0.05) is 32.4 Å². The van der Waals surface area contributed by atoms with E-state index in [0.29, 0.717) is 6.54 Å². The minimum atomic E-state index is -1.14. The molecule has 1 aromatic rings. The molecule has 16 heavy (non-hydrogen) atoms. The van der Waals surface area contributed by atoms with Crippen LogP contribution in [0, 0.1) is 0 Å². The van der Waals surface area contributed by atoms with Crippen LogP contribution in [-0.4, -0.2) is 38.7 Å². The molecule has 0 radical (unpaired) electrons. The Morgan fingerprint density at radius 2 is 2.25 bits per heavy atom. The highest BCUT2D eigenvalue weighted by Crippen LogP contribution is 2.01. The number of hydrogen-bond acceptors (Lipinski definition) is 3. The van der Waals surface area contributed by atoms with Crippen molar-refractivity contribution in [1.29, 1.82) is 0 Å². The van der Waals surface area contributed by atoms with Crippen LogP contribution in [0.25, 0.3) is 0 Å². The Morgan fingerprint density at radius 1 is 1.56 bits per heavy atom. The number of carbonyl (C=O) groups is 2. The minimum absolute atomic E-state index is 0.358. The standard InChI is InChI=1S/C10H13N3O3/c1-12(9(14)3-4-10(15)16)7-8-5-6-11-13(8)2/h3-6H,7H2,1-2H3,(H,15,16)/b4-3+. The maximum Gasteiger partial charge on any atom is 0.328 e. The Hall–Kier alpha value is -2.11. The molecule has 1 heterocycles. The summed E-state index contributed by atoms with van der Waals surface area (Å²) in [5.74, 6) is -1.49. The first-order valence-corrected chi connectivity index (χ1v) is 4.63. The van der Waals surface area contributed by atoms with E-state index in [4.69, 9.17) is 5.11 Å². The monoisotopic (exact) mass is 223 g/mol. The number of amides is 1. The van der Waals surface area contributed by atoms with Gasteiger partial charge >= 0.3 is 5.97 Å². The molecule has 0 unspecified atom stereocenters. The van der Waals surface area contributed by atoms with Gasteiger partial charge in [0.15, 0.2) is 0 Å². The molecule has 0 aromatic carbocycles. The molecule has 0 bridgehead atoms. The van der Waals surface area contributed by atoms with Crippen molar-refractivity contribution in [3.8, 4) is 0 Å². The molecule has 1 N–H and O–H groups in total. The van der Waals surface area contributed by atoms with Gasteiger partial charge in [-0.3, -0.25) is 9.48 Å². The van der Waals surface area contributed by atoms with Gasteiger partial charge in [-0.1, -0.05) is 0 Å². The van der Waals surface area contributed by atoms with Crippen molar-refractivity contribution in [3.05, 3.63) is 30.1 Å². The summed E-state index contributed by atoms with van der Waals surface area (Å²) in [5, 5.41) is 12.3. The molecule has 0 atom stereocenters. The number of aromatic nitrogens is 2. The predicted molar refractivity (Wildman–Crippen MR) is 56.5 cm³/mol. The van der Waals surface area contributed by atoms with Crippen molar-refractivity contribution in [2.24, 2.45) is 7.05 Å². The van der Waals surface area contributed by atoms with E-state index >= 15 is 0 Å². The molecule has 0 fully saturated rings. The summed E-state index contributed by atoms with van der Waals surface area (Å²) in [7, 11) is 3.38. The Bertz CT molecular complexity index is 423. The smallest absolute Gasteiger partial charge is 0.328 e. The zero-order valence-corrected chi connectivity index (χ0v) is 9.12. The van der Waals surface area contributed by atoms with Gasteiger partial charge in [-0.15, -0.1) is 0 Å². The first-order chi connectivity index (χ1) is 7.50. The molecule has 0 aliphatic carbocycles. The Balaban J connectivity index is 2.59. The fourth-order valence-electron chi connectivity index (χ4n) is 1.15. The molecule has 0 spiro atoms. The van der Waals surface area contributed by atoms with Crippen LogP contribution in [0.15, 0.2) is 24.4 Å². The zero-order valence-electron chi connectivity index (χ0n) is 9.12. The first kappa shape index (κ1) is 12.0. The maximum atomic E-state index is 11.4. The summed E-state index contributed by atoms with van der Waals surface area (Å²) in [5.41, 5.74) is 0.875. The number of nitrogens with zero attached hydrogens (tertiary/aromatic N) is 3. The molecule has 86 valence electrons. The summed E-state index contributed by atoms with van der Waals surface area (Å²) >= 11 is 0. The van der Waals surface area contributed by atoms with E-state index in [1.807, 2.05) is 0 Å². The summed E-state index contributed by atoms with van der Waals surface area (Å²) in [6, 6.07) is 1.80. The van der Waals surface area contributed by atoms with Gasteiger partial charge in [0.2, 0.25) is 5.91 Å². The van der Waals surface area contributed by atoms with Gasteiger partial charge in [-0.05, 0) is 6.07 Å². The second kappa shape index (κ2) is 5.11. The molecule has 0 saturated heterocycles. The van der Waals surface area contributed by atoms with Gasteiger partial charge in [0.05, 0.1) is 12.2 Å². The van der Waals surface area contributed by atoms with Crippen LogP contribution in [-0.2, 0) is 23.2 Å². The van der Waals surface area contributed by atoms with E-state index in [0.717, 1.165) is 17.8 Å². The number of aryl methyl sites for hydroxylation is 1. The van der Waals surface area contributed by atoms with Gasteiger partial charge in [0.1, 0.15) is 0 Å².